The first-order valence-electron chi connectivity index (χ1n) is 7.55. The number of aryl methyl sites for hydroxylation is 1. The van der Waals surface area contributed by atoms with E-state index in [0.29, 0.717) is 22.1 Å². The number of nitrogens with one attached hydrogen (secondary N) is 1. The SMILES string of the molecule is Cc1cccc(NC(=O)C2CN(S(C)(=O)=O)c3cc(Cl)ccc3O2)c1. The van der Waals surface area contributed by atoms with E-state index in [4.69, 9.17) is 16.3 Å². The molecule has 0 spiro atoms. The fourth-order valence-corrected chi connectivity index (χ4v) is 3.69. The van der Waals surface area contributed by atoms with E-state index in [0.717, 1.165) is 16.1 Å². The molecule has 0 saturated carbocycles. The Labute approximate surface area is 151 Å². The Balaban J connectivity index is 1.89. The number of rotatable bonds is 3. The van der Waals surface area contributed by atoms with Gasteiger partial charge in [-0.15, -0.1) is 0 Å². The summed E-state index contributed by atoms with van der Waals surface area (Å²) >= 11 is 5.96. The Morgan fingerprint density at radius 3 is 2.72 bits per heavy atom. The van der Waals surface area contributed by atoms with Gasteiger partial charge in [0.05, 0.1) is 18.5 Å². The van der Waals surface area contributed by atoms with Crippen LogP contribution in [0.15, 0.2) is 42.5 Å². The zero-order chi connectivity index (χ0) is 18.2. The number of benzene rings is 2. The predicted octanol–water partition coefficient (Wildman–Crippen LogP) is 2.81. The molecule has 0 fully saturated rings. The molecule has 2 aromatic rings. The van der Waals surface area contributed by atoms with Crippen LogP contribution in [0.3, 0.4) is 0 Å². The van der Waals surface area contributed by atoms with Crippen LogP contribution >= 0.6 is 11.6 Å². The van der Waals surface area contributed by atoms with Crippen molar-refractivity contribution in [1.82, 2.24) is 0 Å². The Morgan fingerprint density at radius 2 is 2.04 bits per heavy atom. The van der Waals surface area contributed by atoms with Crippen molar-refractivity contribution >= 4 is 38.9 Å². The maximum Gasteiger partial charge on any atom is 0.267 e. The molecule has 8 heteroatoms. The Morgan fingerprint density at radius 1 is 1.28 bits per heavy atom. The predicted molar refractivity (Wildman–Crippen MR) is 97.9 cm³/mol. The highest BCUT2D eigenvalue weighted by Gasteiger charge is 2.35. The summed E-state index contributed by atoms with van der Waals surface area (Å²) in [5.74, 6) is -0.120. The van der Waals surface area contributed by atoms with Crippen LogP contribution in [0.2, 0.25) is 5.02 Å². The Kier molecular flexibility index (Phi) is 4.62. The Hall–Kier alpha value is -2.25. The van der Waals surface area contributed by atoms with E-state index in [1.165, 1.54) is 6.07 Å². The van der Waals surface area contributed by atoms with Gasteiger partial charge < -0.3 is 10.1 Å². The summed E-state index contributed by atoms with van der Waals surface area (Å²) in [6.45, 7) is 1.79. The number of halogens is 1. The van der Waals surface area contributed by atoms with E-state index in [2.05, 4.69) is 5.32 Å². The molecular weight excluding hydrogens is 364 g/mol. The van der Waals surface area contributed by atoms with E-state index in [9.17, 15) is 13.2 Å². The van der Waals surface area contributed by atoms with E-state index < -0.39 is 22.0 Å². The lowest BCUT2D eigenvalue weighted by Gasteiger charge is -2.34. The minimum absolute atomic E-state index is 0.121. The molecule has 0 bridgehead atoms. The quantitative estimate of drug-likeness (QED) is 0.888. The third kappa shape index (κ3) is 3.88. The lowest BCUT2D eigenvalue weighted by molar-refractivity contribution is -0.122. The molecule has 132 valence electrons. The summed E-state index contributed by atoms with van der Waals surface area (Å²) < 4.78 is 31.1. The van der Waals surface area contributed by atoms with Crippen molar-refractivity contribution in [1.29, 1.82) is 0 Å². The summed E-state index contributed by atoms with van der Waals surface area (Å²) in [5.41, 5.74) is 1.95. The van der Waals surface area contributed by atoms with Crippen LogP contribution in [0.4, 0.5) is 11.4 Å². The minimum Gasteiger partial charge on any atom is -0.476 e. The summed E-state index contributed by atoms with van der Waals surface area (Å²) in [7, 11) is -3.59. The van der Waals surface area contributed by atoms with Gasteiger partial charge in [0.2, 0.25) is 10.0 Å². The molecule has 0 radical (unpaired) electrons. The summed E-state index contributed by atoms with van der Waals surface area (Å²) in [6.07, 6.45) is 0.113. The first-order chi connectivity index (χ1) is 11.7. The molecule has 6 nitrogen and oxygen atoms in total. The van der Waals surface area contributed by atoms with Gasteiger partial charge in [-0.05, 0) is 42.8 Å². The van der Waals surface area contributed by atoms with E-state index >= 15 is 0 Å². The zero-order valence-corrected chi connectivity index (χ0v) is 15.3. The van der Waals surface area contributed by atoms with Gasteiger partial charge in [-0.1, -0.05) is 23.7 Å². The number of fused-ring (bicyclic) bond motifs is 1. The first kappa shape index (κ1) is 17.6. The highest BCUT2D eigenvalue weighted by Crippen LogP contribution is 2.37. The third-order valence-electron chi connectivity index (χ3n) is 3.77. The fourth-order valence-electron chi connectivity index (χ4n) is 2.62. The highest BCUT2D eigenvalue weighted by molar-refractivity contribution is 7.92. The van der Waals surface area contributed by atoms with Crippen LogP contribution in [0.25, 0.3) is 0 Å². The average molecular weight is 381 g/mol. The van der Waals surface area contributed by atoms with Gasteiger partial charge >= 0.3 is 0 Å². The molecule has 1 unspecified atom stereocenters. The molecule has 1 aliphatic rings. The lowest BCUT2D eigenvalue weighted by atomic mass is 10.2. The molecule has 1 N–H and O–H groups in total. The molecule has 0 saturated heterocycles. The van der Waals surface area contributed by atoms with E-state index in [1.807, 2.05) is 25.1 Å². The number of nitrogens with zero attached hydrogens (tertiary/aromatic N) is 1. The van der Waals surface area contributed by atoms with Crippen molar-refractivity contribution in [2.45, 2.75) is 13.0 Å². The second-order valence-electron chi connectivity index (χ2n) is 5.87. The van der Waals surface area contributed by atoms with Crippen molar-refractivity contribution in [2.24, 2.45) is 0 Å². The summed E-state index contributed by atoms with van der Waals surface area (Å²) in [5, 5.41) is 3.14. The first-order valence-corrected chi connectivity index (χ1v) is 9.78. The minimum atomic E-state index is -3.59. The van der Waals surface area contributed by atoms with Gasteiger partial charge in [0.25, 0.3) is 5.91 Å². The van der Waals surface area contributed by atoms with E-state index in [1.54, 1.807) is 18.2 Å². The lowest BCUT2D eigenvalue weighted by Crippen LogP contribution is -2.48. The number of ether oxygens (including phenoxy) is 1. The smallest absolute Gasteiger partial charge is 0.267 e. The number of anilines is 2. The molecule has 1 amide bonds. The molecule has 2 aromatic carbocycles. The van der Waals surface area contributed by atoms with Gasteiger partial charge in [-0.2, -0.15) is 0 Å². The molecule has 0 aliphatic carbocycles. The van der Waals surface area contributed by atoms with Gasteiger partial charge in [0, 0.05) is 10.7 Å². The van der Waals surface area contributed by atoms with Gasteiger partial charge in [-0.3, -0.25) is 9.10 Å². The number of hydrogen-bond acceptors (Lipinski definition) is 4. The number of hydrogen-bond donors (Lipinski definition) is 1. The maximum atomic E-state index is 12.5. The molecule has 0 aromatic heterocycles. The second-order valence-corrected chi connectivity index (χ2v) is 8.21. The van der Waals surface area contributed by atoms with Crippen molar-refractivity contribution in [3.8, 4) is 5.75 Å². The van der Waals surface area contributed by atoms with Crippen molar-refractivity contribution < 1.29 is 17.9 Å². The van der Waals surface area contributed by atoms with E-state index in [-0.39, 0.29) is 6.54 Å². The van der Waals surface area contributed by atoms with Crippen molar-refractivity contribution in [3.63, 3.8) is 0 Å². The molecule has 1 atom stereocenters. The average Bonchev–Trinajstić information content (AvgIpc) is 2.52. The van der Waals surface area contributed by atoms with Gasteiger partial charge in [0.1, 0.15) is 5.75 Å². The zero-order valence-electron chi connectivity index (χ0n) is 13.7. The molecule has 25 heavy (non-hydrogen) atoms. The van der Waals surface area contributed by atoms with Crippen LogP contribution in [0, 0.1) is 6.92 Å². The topological polar surface area (TPSA) is 75.7 Å². The van der Waals surface area contributed by atoms with Gasteiger partial charge in [-0.25, -0.2) is 8.42 Å². The third-order valence-corrected chi connectivity index (χ3v) is 5.15. The normalized spacial score (nSPS) is 16.8. The van der Waals surface area contributed by atoms with Gasteiger partial charge in [0.15, 0.2) is 6.10 Å². The largest absolute Gasteiger partial charge is 0.476 e. The standard InChI is InChI=1S/C17H17ClN2O4S/c1-11-4-3-5-13(8-11)19-17(21)16-10-20(25(2,22)23)14-9-12(18)6-7-15(14)24-16/h3-9,16H,10H2,1-2H3,(H,19,21). The number of sulfonamides is 1. The van der Waals surface area contributed by atoms with Crippen molar-refractivity contribution in [3.05, 3.63) is 53.1 Å². The summed E-state index contributed by atoms with van der Waals surface area (Å²) in [4.78, 5) is 12.5. The van der Waals surface area contributed by atoms with Crippen molar-refractivity contribution in [2.75, 3.05) is 22.4 Å². The number of carbonyl (C=O) groups is 1. The maximum absolute atomic E-state index is 12.5. The van der Waals surface area contributed by atoms with Crippen LogP contribution in [0.5, 0.6) is 5.75 Å². The van der Waals surface area contributed by atoms with Crippen LogP contribution in [0.1, 0.15) is 5.56 Å². The Bertz CT molecular complexity index is 930. The summed E-state index contributed by atoms with van der Waals surface area (Å²) in [6, 6.07) is 12.0. The number of amides is 1. The van der Waals surface area contributed by atoms with Crippen LogP contribution in [-0.4, -0.2) is 33.2 Å². The molecule has 1 aliphatic heterocycles. The monoisotopic (exact) mass is 380 g/mol. The number of carbonyl (C=O) groups excluding carboxylic acids is 1. The fraction of sp³-hybridized carbons (Fsp3) is 0.235. The van der Waals surface area contributed by atoms with Crippen LogP contribution < -0.4 is 14.4 Å². The molecule has 1 heterocycles. The molecule has 3 rings (SSSR count). The second kappa shape index (κ2) is 6.57. The van der Waals surface area contributed by atoms with Crippen LogP contribution in [-0.2, 0) is 14.8 Å². The highest BCUT2D eigenvalue weighted by atomic mass is 35.5. The molecular formula is C17H17ClN2O4S.